The number of carbonyl (C=O) groups excluding carboxylic acids is 1. The minimum Gasteiger partial charge on any atom is -0.466 e. The van der Waals surface area contributed by atoms with Crippen LogP contribution in [-0.2, 0) is 20.9 Å². The van der Waals surface area contributed by atoms with E-state index in [0.717, 1.165) is 154 Å². The summed E-state index contributed by atoms with van der Waals surface area (Å²) in [4.78, 5) is 12.6. The van der Waals surface area contributed by atoms with Crippen LogP contribution in [0.25, 0.3) is 0 Å². The van der Waals surface area contributed by atoms with Crippen LogP contribution in [0.3, 0.4) is 0 Å². The number of hydrogen-bond acceptors (Lipinski definition) is 4. The molecule has 1 unspecified atom stereocenters. The molecule has 568 valence electrons. The molecule has 0 aliphatic heterocycles. The minimum absolute atomic E-state index is 0.0695. The van der Waals surface area contributed by atoms with E-state index in [1.165, 1.54) is 250 Å². The van der Waals surface area contributed by atoms with E-state index < -0.39 is 5.60 Å². The summed E-state index contributed by atoms with van der Waals surface area (Å²) in [6.07, 6.45) is 63.4. The summed E-state index contributed by atoms with van der Waals surface area (Å²) in [5.41, 5.74) is 0.583. The zero-order valence-electron chi connectivity index (χ0n) is 68.5. The lowest BCUT2D eigenvalue weighted by molar-refractivity contribution is -0.143. The van der Waals surface area contributed by atoms with Crippen molar-refractivity contribution >= 4 is 5.97 Å². The van der Waals surface area contributed by atoms with Crippen LogP contribution in [0.15, 0.2) is 30.3 Å². The second kappa shape index (κ2) is 61.1. The fourth-order valence-corrected chi connectivity index (χ4v) is 16.6. The van der Waals surface area contributed by atoms with E-state index in [4.69, 9.17) is 9.47 Å². The van der Waals surface area contributed by atoms with Gasteiger partial charge in [-0.05, 0) is 140 Å². The van der Waals surface area contributed by atoms with Gasteiger partial charge in [0.25, 0.3) is 0 Å². The van der Waals surface area contributed by atoms with Gasteiger partial charge in [-0.3, -0.25) is 4.79 Å². The Bertz CT molecular complexity index is 1580. The number of aliphatic hydroxyl groups is 1. The molecule has 0 saturated heterocycles. The Balaban J connectivity index is 3.69. The van der Waals surface area contributed by atoms with Crippen molar-refractivity contribution in [2.24, 2.45) is 88.8 Å². The van der Waals surface area contributed by atoms with E-state index >= 15 is 0 Å². The van der Waals surface area contributed by atoms with E-state index in [-0.39, 0.29) is 5.97 Å². The Morgan fingerprint density at radius 2 is 0.531 bits per heavy atom. The molecule has 1 aromatic rings. The highest BCUT2D eigenvalue weighted by molar-refractivity contribution is 5.69. The van der Waals surface area contributed by atoms with Crippen molar-refractivity contribution in [3.63, 3.8) is 0 Å². The Labute approximate surface area is 604 Å². The summed E-state index contributed by atoms with van der Waals surface area (Å²) >= 11 is 0. The maximum Gasteiger partial charge on any atom is 0.305 e. The van der Waals surface area contributed by atoms with Crippen LogP contribution in [-0.4, -0.2) is 29.9 Å². The standard InChI is InChI=1S/C92H176O4/c1-18-96-91(93)68-34-64-89(69-73-95-74-90-46-20-19-21-47-90)67-37-72-92(94,70-35-65-87(60-30-56-83(48-22-38-75(2)3)49-23-39-76(4)5)61-31-57-84(50-24-40-77(6)7)51-25-41-78(8)9)71-36-66-88(62-32-58-85(52-26-42-79(10)11)53-27-43-80(12)13)63-33-59-86(54-28-44-81(14)15)55-29-45-82(16)17/h19-21,46-47,75-89,94H,18,22-45,48-74H2,1-17H3. The monoisotopic (exact) mass is 1350 g/mol. The topological polar surface area (TPSA) is 55.8 Å². The number of rotatable bonds is 70. The van der Waals surface area contributed by atoms with Crippen LogP contribution in [0.1, 0.15) is 438 Å². The summed E-state index contributed by atoms with van der Waals surface area (Å²) in [6, 6.07) is 10.6. The quantitative estimate of drug-likeness (QED) is 0.0522. The first kappa shape index (κ1) is 92.6. The van der Waals surface area contributed by atoms with E-state index in [1.54, 1.807) is 0 Å². The van der Waals surface area contributed by atoms with E-state index in [2.05, 4.69) is 141 Å². The molecule has 0 spiro atoms. The molecule has 0 fully saturated rings. The maximum atomic E-state index is 13.5. The molecular weight excluding hydrogens is 1170 g/mol. The van der Waals surface area contributed by atoms with Crippen molar-refractivity contribution in [3.8, 4) is 0 Å². The van der Waals surface area contributed by atoms with Crippen molar-refractivity contribution in [1.82, 2.24) is 0 Å². The molecule has 0 amide bonds. The van der Waals surface area contributed by atoms with Crippen molar-refractivity contribution in [2.45, 2.75) is 445 Å². The lowest BCUT2D eigenvalue weighted by atomic mass is 9.79. The summed E-state index contributed by atoms with van der Waals surface area (Å²) in [5.74, 6) is 11.8. The molecule has 0 radical (unpaired) electrons. The molecule has 0 saturated carbocycles. The Morgan fingerprint density at radius 3 is 0.771 bits per heavy atom. The third kappa shape index (κ3) is 58.2. The molecule has 0 bridgehead atoms. The van der Waals surface area contributed by atoms with Gasteiger partial charge in [0.1, 0.15) is 0 Å². The Morgan fingerprint density at radius 1 is 0.312 bits per heavy atom. The van der Waals surface area contributed by atoms with Gasteiger partial charge in [-0.15, -0.1) is 0 Å². The van der Waals surface area contributed by atoms with E-state index in [1.807, 2.05) is 6.92 Å². The summed E-state index contributed by atoms with van der Waals surface area (Å²) in [6.45, 7) is 42.4. The number of carbonyl (C=O) groups is 1. The number of ether oxygens (including phenoxy) is 2. The molecule has 0 aromatic heterocycles. The molecule has 0 aliphatic rings. The van der Waals surface area contributed by atoms with Gasteiger partial charge in [-0.1, -0.05) is 411 Å². The van der Waals surface area contributed by atoms with Crippen molar-refractivity contribution in [1.29, 1.82) is 0 Å². The molecule has 96 heavy (non-hydrogen) atoms. The van der Waals surface area contributed by atoms with Crippen LogP contribution in [0.2, 0.25) is 0 Å². The van der Waals surface area contributed by atoms with Gasteiger partial charge in [-0.25, -0.2) is 0 Å². The first-order valence-electron chi connectivity index (χ1n) is 43.5. The van der Waals surface area contributed by atoms with Gasteiger partial charge < -0.3 is 14.6 Å². The maximum absolute atomic E-state index is 13.5. The second-order valence-electron chi connectivity index (χ2n) is 36.3. The van der Waals surface area contributed by atoms with Gasteiger partial charge in [0, 0.05) is 13.0 Å². The predicted molar refractivity (Wildman–Crippen MR) is 427 cm³/mol. The molecule has 1 aromatic carbocycles. The van der Waals surface area contributed by atoms with Crippen molar-refractivity contribution in [2.75, 3.05) is 13.2 Å². The smallest absolute Gasteiger partial charge is 0.305 e. The molecule has 4 heteroatoms. The average Bonchev–Trinajstić information content (AvgIpc) is 1.47. The number of benzene rings is 1. The predicted octanol–water partition coefficient (Wildman–Crippen LogP) is 30.2. The van der Waals surface area contributed by atoms with Crippen LogP contribution >= 0.6 is 0 Å². The molecule has 0 heterocycles. The van der Waals surface area contributed by atoms with E-state index in [0.29, 0.717) is 25.6 Å². The Kier molecular flexibility index (Phi) is 59.0. The first-order chi connectivity index (χ1) is 46.0. The van der Waals surface area contributed by atoms with Gasteiger partial charge in [0.05, 0.1) is 18.8 Å². The highest BCUT2D eigenvalue weighted by Crippen LogP contribution is 2.37. The van der Waals surface area contributed by atoms with Crippen molar-refractivity contribution in [3.05, 3.63) is 35.9 Å². The lowest BCUT2D eigenvalue weighted by Gasteiger charge is -2.31. The summed E-state index contributed by atoms with van der Waals surface area (Å²) in [7, 11) is 0. The number of esters is 1. The molecule has 1 N–H and O–H groups in total. The van der Waals surface area contributed by atoms with Gasteiger partial charge in [0.15, 0.2) is 0 Å². The van der Waals surface area contributed by atoms with Crippen LogP contribution in [0, 0.1) is 88.8 Å². The normalized spacial score (nSPS) is 13.1. The SMILES string of the molecule is CCOC(=O)CCCC(CCCC(O)(CCCC(CCCC(CCCC(C)C)CCCC(C)C)CCCC(CCCC(C)C)CCCC(C)C)CCCC(CCCC(CCCC(C)C)CCCC(C)C)CCCC(CCCC(C)C)CCCC(C)C)CCOCc1ccccc1. The van der Waals surface area contributed by atoms with Crippen LogP contribution < -0.4 is 0 Å². The highest BCUT2D eigenvalue weighted by Gasteiger charge is 2.29. The van der Waals surface area contributed by atoms with Crippen LogP contribution in [0.4, 0.5) is 0 Å². The van der Waals surface area contributed by atoms with E-state index in [9.17, 15) is 9.90 Å². The molecule has 1 atom stereocenters. The Hall–Kier alpha value is -1.39. The molecule has 4 nitrogen and oxygen atoms in total. The third-order valence-electron chi connectivity index (χ3n) is 22.9. The zero-order valence-corrected chi connectivity index (χ0v) is 68.5. The highest BCUT2D eigenvalue weighted by atomic mass is 16.5. The number of hydrogen-bond donors (Lipinski definition) is 1. The fraction of sp³-hybridized carbons (Fsp3) is 0.924. The fourth-order valence-electron chi connectivity index (χ4n) is 16.6. The third-order valence-corrected chi connectivity index (χ3v) is 22.9. The van der Waals surface area contributed by atoms with Gasteiger partial charge in [-0.2, -0.15) is 0 Å². The summed E-state index contributed by atoms with van der Waals surface area (Å²) < 4.78 is 11.7. The molecule has 0 aliphatic carbocycles. The van der Waals surface area contributed by atoms with Gasteiger partial charge >= 0.3 is 5.97 Å². The molecule has 1 rings (SSSR count). The lowest BCUT2D eigenvalue weighted by Crippen LogP contribution is -2.29. The molecular formula is C92H176O4. The minimum atomic E-state index is -0.639. The first-order valence-corrected chi connectivity index (χ1v) is 43.5. The zero-order chi connectivity index (χ0) is 71.0. The summed E-state index contributed by atoms with van der Waals surface area (Å²) in [5, 5.41) is 13.5. The average molecular weight is 1350 g/mol. The van der Waals surface area contributed by atoms with Crippen LogP contribution in [0.5, 0.6) is 0 Å². The van der Waals surface area contributed by atoms with Gasteiger partial charge in [0.2, 0.25) is 0 Å². The second-order valence-corrected chi connectivity index (χ2v) is 36.3. The van der Waals surface area contributed by atoms with Crippen molar-refractivity contribution < 1.29 is 19.4 Å². The largest absolute Gasteiger partial charge is 0.466 e.